The van der Waals surface area contributed by atoms with E-state index >= 15 is 0 Å². The van der Waals surface area contributed by atoms with Crippen LogP contribution in [0.2, 0.25) is 0 Å². The van der Waals surface area contributed by atoms with Crippen LogP contribution in [-0.4, -0.2) is 19.3 Å². The third kappa shape index (κ3) is 3.34. The van der Waals surface area contributed by atoms with Crippen LogP contribution >= 0.6 is 0 Å². The van der Waals surface area contributed by atoms with Crippen molar-refractivity contribution in [2.24, 2.45) is 0 Å². The van der Waals surface area contributed by atoms with Crippen molar-refractivity contribution in [2.75, 3.05) is 0 Å². The number of benzene rings is 2. The summed E-state index contributed by atoms with van der Waals surface area (Å²) >= 11 is 0. The smallest absolute Gasteiger partial charge is 0.252 e. The van der Waals surface area contributed by atoms with Crippen LogP contribution in [-0.2, 0) is 6.54 Å². The molecule has 0 fully saturated rings. The molecule has 0 bridgehead atoms. The maximum absolute atomic E-state index is 13.1. The van der Waals surface area contributed by atoms with E-state index in [1.165, 1.54) is 0 Å². The maximum Gasteiger partial charge on any atom is 0.252 e. The molecule has 0 radical (unpaired) electrons. The summed E-state index contributed by atoms with van der Waals surface area (Å²) in [5.74, 6) is 1.26. The summed E-state index contributed by atoms with van der Waals surface area (Å²) in [6.07, 6.45) is 0. The number of aromatic nitrogens is 4. The van der Waals surface area contributed by atoms with Gasteiger partial charge in [-0.25, -0.2) is 9.67 Å². The van der Waals surface area contributed by atoms with Crippen molar-refractivity contribution >= 4 is 11.0 Å². The Kier molecular flexibility index (Phi) is 4.78. The maximum atomic E-state index is 13.1. The molecule has 6 heteroatoms. The van der Waals surface area contributed by atoms with Crippen LogP contribution in [0.3, 0.4) is 0 Å². The van der Waals surface area contributed by atoms with Crippen molar-refractivity contribution < 1.29 is 4.42 Å². The fourth-order valence-corrected chi connectivity index (χ4v) is 4.19. The first-order valence-electron chi connectivity index (χ1n) is 10.6. The zero-order chi connectivity index (χ0) is 22.4. The summed E-state index contributed by atoms with van der Waals surface area (Å²) in [7, 11) is 0. The van der Waals surface area contributed by atoms with E-state index in [4.69, 9.17) is 14.5 Å². The van der Waals surface area contributed by atoms with E-state index in [0.29, 0.717) is 18.2 Å². The normalized spacial score (nSPS) is 11.4. The summed E-state index contributed by atoms with van der Waals surface area (Å²) in [5, 5.41) is 5.74. The number of fused-ring (bicyclic) bond motifs is 1. The molecule has 0 spiro atoms. The largest absolute Gasteiger partial charge is 0.441 e. The van der Waals surface area contributed by atoms with E-state index in [1.807, 2.05) is 87.0 Å². The molecule has 32 heavy (non-hydrogen) atoms. The predicted octanol–water partition coefficient (Wildman–Crippen LogP) is 5.12. The number of aryl methyl sites for hydroxylation is 4. The number of hydrogen-bond acceptors (Lipinski definition) is 4. The third-order valence-electron chi connectivity index (χ3n) is 5.76. The quantitative estimate of drug-likeness (QED) is 0.401. The lowest BCUT2D eigenvalue weighted by molar-refractivity contribution is 0.537. The molecule has 3 aromatic heterocycles. The van der Waals surface area contributed by atoms with Crippen molar-refractivity contribution in [1.29, 1.82) is 0 Å². The van der Waals surface area contributed by atoms with E-state index < -0.39 is 0 Å². The van der Waals surface area contributed by atoms with E-state index in [1.54, 1.807) is 10.6 Å². The minimum absolute atomic E-state index is 0.0911. The summed E-state index contributed by atoms with van der Waals surface area (Å²) in [4.78, 5) is 17.9. The van der Waals surface area contributed by atoms with Gasteiger partial charge in [-0.1, -0.05) is 35.9 Å². The lowest BCUT2D eigenvalue weighted by Gasteiger charge is -2.11. The van der Waals surface area contributed by atoms with Gasteiger partial charge in [0, 0.05) is 17.0 Å². The lowest BCUT2D eigenvalue weighted by Crippen LogP contribution is -2.23. The van der Waals surface area contributed by atoms with Crippen LogP contribution in [0.25, 0.3) is 28.2 Å². The van der Waals surface area contributed by atoms with Gasteiger partial charge in [-0.15, -0.1) is 0 Å². The molecule has 5 aromatic rings. The topological polar surface area (TPSA) is 65.8 Å². The second-order valence-corrected chi connectivity index (χ2v) is 8.17. The molecular formula is C26H24N4O2. The number of nitrogens with zero attached hydrogens (tertiary/aromatic N) is 4. The highest BCUT2D eigenvalue weighted by Crippen LogP contribution is 2.26. The Labute approximate surface area is 185 Å². The van der Waals surface area contributed by atoms with Gasteiger partial charge in [-0.05, 0) is 57.5 Å². The number of rotatable bonds is 4. The van der Waals surface area contributed by atoms with Gasteiger partial charge < -0.3 is 4.42 Å². The molecule has 2 aromatic carbocycles. The molecule has 0 N–H and O–H groups in total. The molecule has 0 atom stereocenters. The average molecular weight is 425 g/mol. The zero-order valence-corrected chi connectivity index (χ0v) is 18.6. The van der Waals surface area contributed by atoms with Crippen LogP contribution < -0.4 is 5.56 Å². The Bertz CT molecular complexity index is 1510. The number of para-hydroxylation sites is 1. The van der Waals surface area contributed by atoms with Gasteiger partial charge in [0.05, 0.1) is 17.9 Å². The van der Waals surface area contributed by atoms with Crippen molar-refractivity contribution in [2.45, 2.75) is 34.2 Å². The second kappa shape index (κ2) is 7.64. The SMILES string of the molecule is Cc1cccc(-c2nc(Cn3c(=O)cc(C)c4c(C)nn(-c5ccccc5)c43)c(C)o2)c1. The van der Waals surface area contributed by atoms with Crippen molar-refractivity contribution in [3.05, 3.63) is 99.3 Å². The van der Waals surface area contributed by atoms with Crippen molar-refractivity contribution in [3.63, 3.8) is 0 Å². The Hall–Kier alpha value is -3.93. The first kappa shape index (κ1) is 20.0. The molecule has 0 unspecified atom stereocenters. The average Bonchev–Trinajstić information content (AvgIpc) is 3.32. The number of hydrogen-bond donors (Lipinski definition) is 0. The number of pyridine rings is 1. The molecule has 0 aliphatic carbocycles. The zero-order valence-electron chi connectivity index (χ0n) is 18.6. The summed E-state index contributed by atoms with van der Waals surface area (Å²) in [5.41, 5.74) is 6.16. The van der Waals surface area contributed by atoms with Crippen molar-refractivity contribution in [1.82, 2.24) is 19.3 Å². The Morgan fingerprint density at radius 2 is 1.72 bits per heavy atom. The molecular weight excluding hydrogens is 400 g/mol. The van der Waals surface area contributed by atoms with Crippen LogP contribution in [0.1, 0.15) is 28.3 Å². The molecule has 0 saturated heterocycles. The molecule has 6 nitrogen and oxygen atoms in total. The van der Waals surface area contributed by atoms with Gasteiger partial charge in [0.1, 0.15) is 17.1 Å². The highest BCUT2D eigenvalue weighted by Gasteiger charge is 2.19. The summed E-state index contributed by atoms with van der Waals surface area (Å²) in [6, 6.07) is 19.6. The Morgan fingerprint density at radius 3 is 2.47 bits per heavy atom. The summed E-state index contributed by atoms with van der Waals surface area (Å²) < 4.78 is 9.55. The molecule has 3 heterocycles. The van der Waals surface area contributed by atoms with Gasteiger partial charge in [-0.2, -0.15) is 5.10 Å². The van der Waals surface area contributed by atoms with E-state index in [0.717, 1.165) is 44.8 Å². The fourth-order valence-electron chi connectivity index (χ4n) is 4.19. The van der Waals surface area contributed by atoms with E-state index in [2.05, 4.69) is 0 Å². The Morgan fingerprint density at radius 1 is 0.938 bits per heavy atom. The third-order valence-corrected chi connectivity index (χ3v) is 5.76. The molecule has 0 aliphatic heterocycles. The van der Waals surface area contributed by atoms with Crippen LogP contribution in [0.4, 0.5) is 0 Å². The molecule has 0 amide bonds. The van der Waals surface area contributed by atoms with Gasteiger partial charge in [0.25, 0.3) is 5.56 Å². The monoisotopic (exact) mass is 424 g/mol. The highest BCUT2D eigenvalue weighted by molar-refractivity contribution is 5.83. The fraction of sp³-hybridized carbons (Fsp3) is 0.192. The van der Waals surface area contributed by atoms with E-state index in [9.17, 15) is 4.79 Å². The van der Waals surface area contributed by atoms with E-state index in [-0.39, 0.29) is 5.56 Å². The summed E-state index contributed by atoms with van der Waals surface area (Å²) in [6.45, 7) is 8.15. The Balaban J connectivity index is 1.68. The van der Waals surface area contributed by atoms with Crippen molar-refractivity contribution in [3.8, 4) is 17.1 Å². The van der Waals surface area contributed by atoms with Gasteiger partial charge in [0.15, 0.2) is 0 Å². The van der Waals surface area contributed by atoms with Crippen LogP contribution in [0.15, 0.2) is 69.9 Å². The number of oxazole rings is 1. The second-order valence-electron chi connectivity index (χ2n) is 8.17. The van der Waals surface area contributed by atoms with Gasteiger partial charge in [-0.3, -0.25) is 9.36 Å². The first-order valence-corrected chi connectivity index (χ1v) is 10.6. The molecule has 5 rings (SSSR count). The molecule has 0 aliphatic rings. The minimum Gasteiger partial charge on any atom is -0.441 e. The van der Waals surface area contributed by atoms with Crippen LogP contribution in [0, 0.1) is 27.7 Å². The first-order chi connectivity index (χ1) is 15.4. The standard InChI is InChI=1S/C26H24N4O2/c1-16-9-8-10-20(13-16)25-27-22(19(4)32-25)15-29-23(31)14-17(2)24-18(3)28-30(26(24)29)21-11-6-5-7-12-21/h5-14H,15H2,1-4H3. The van der Waals surface area contributed by atoms with Gasteiger partial charge in [0.2, 0.25) is 5.89 Å². The predicted molar refractivity (Wildman–Crippen MR) is 125 cm³/mol. The molecule has 0 saturated carbocycles. The molecule has 160 valence electrons. The lowest BCUT2D eigenvalue weighted by atomic mass is 10.1. The minimum atomic E-state index is -0.0911. The highest BCUT2D eigenvalue weighted by atomic mass is 16.4. The van der Waals surface area contributed by atoms with Gasteiger partial charge >= 0.3 is 0 Å². The van der Waals surface area contributed by atoms with Crippen LogP contribution in [0.5, 0.6) is 0 Å².